The number of para-hydroxylation sites is 1. The summed E-state index contributed by atoms with van der Waals surface area (Å²) in [4.78, 5) is 21.6. The zero-order valence-electron chi connectivity index (χ0n) is 21.3. The Morgan fingerprint density at radius 2 is 1.68 bits per heavy atom. The number of carbonyl (C=O) groups is 1. The molecule has 3 aromatic carbocycles. The number of hydrogen-bond donors (Lipinski definition) is 1. The second-order valence-corrected chi connectivity index (χ2v) is 11.0. The minimum absolute atomic E-state index is 0.0825. The Labute approximate surface area is 218 Å². The fraction of sp³-hybridized carbons (Fsp3) is 0.333. The van der Waals surface area contributed by atoms with Crippen molar-refractivity contribution in [2.45, 2.75) is 44.2 Å². The van der Waals surface area contributed by atoms with E-state index in [0.29, 0.717) is 6.04 Å². The first-order valence-corrected chi connectivity index (χ1v) is 13.8. The molecule has 37 heavy (non-hydrogen) atoms. The van der Waals surface area contributed by atoms with E-state index in [-0.39, 0.29) is 17.9 Å². The molecular weight excluding hydrogens is 454 g/mol. The van der Waals surface area contributed by atoms with Gasteiger partial charge >= 0.3 is 0 Å². The number of nitrogens with zero attached hydrogens (tertiary/aromatic N) is 2. The van der Waals surface area contributed by atoms with E-state index < -0.39 is 0 Å². The van der Waals surface area contributed by atoms with E-state index in [2.05, 4.69) is 94.9 Å². The summed E-state index contributed by atoms with van der Waals surface area (Å²) in [6, 6.07) is 27.5. The number of amides is 1. The molecule has 4 heterocycles. The summed E-state index contributed by atoms with van der Waals surface area (Å²) in [7, 11) is 0. The summed E-state index contributed by atoms with van der Waals surface area (Å²) in [6.45, 7) is 4.58. The number of rotatable bonds is 5. The Balaban J connectivity index is 1.30. The van der Waals surface area contributed by atoms with Crippen LogP contribution in [0.15, 0.2) is 85.1 Å². The third-order valence-corrected chi connectivity index (χ3v) is 9.26. The highest BCUT2D eigenvalue weighted by atomic mass is 16.2. The quantitative estimate of drug-likeness (QED) is 0.358. The van der Waals surface area contributed by atoms with Crippen LogP contribution in [0.5, 0.6) is 0 Å². The minimum atomic E-state index is -0.290. The summed E-state index contributed by atoms with van der Waals surface area (Å²) in [5.41, 5.74) is 6.74. The number of fused-ring (bicyclic) bond motifs is 7. The van der Waals surface area contributed by atoms with Gasteiger partial charge in [-0.2, -0.15) is 0 Å². The van der Waals surface area contributed by atoms with Gasteiger partial charge in [0.05, 0.1) is 17.5 Å². The third-order valence-electron chi connectivity index (χ3n) is 9.26. The number of piperidine rings is 3. The van der Waals surface area contributed by atoms with Crippen molar-refractivity contribution in [1.29, 1.82) is 0 Å². The number of nitrogens with one attached hydrogen (secondary N) is 1. The monoisotopic (exact) mass is 487 g/mol. The van der Waals surface area contributed by atoms with E-state index >= 15 is 0 Å². The Kier molecular flexibility index (Phi) is 5.58. The van der Waals surface area contributed by atoms with Crippen LogP contribution in [0.4, 0.5) is 0 Å². The lowest BCUT2D eigenvalue weighted by Crippen LogP contribution is -2.58. The molecule has 5 atom stereocenters. The fourth-order valence-electron chi connectivity index (χ4n) is 7.43. The van der Waals surface area contributed by atoms with Gasteiger partial charge in [0.25, 0.3) is 0 Å². The summed E-state index contributed by atoms with van der Waals surface area (Å²) in [6.07, 6.45) is 5.55. The zero-order valence-corrected chi connectivity index (χ0v) is 21.3. The second kappa shape index (κ2) is 9.11. The SMILES string of the molecule is CC[C@H]1CN2CC[C@H]1C[C@@H]2[C@H](NC(=O)C1c2ccccc2-c2ccccc21)c1ccnc2ccccc12. The van der Waals surface area contributed by atoms with Crippen LogP contribution < -0.4 is 5.32 Å². The smallest absolute Gasteiger partial charge is 0.232 e. The number of hydrogen-bond acceptors (Lipinski definition) is 3. The highest BCUT2D eigenvalue weighted by Crippen LogP contribution is 2.46. The number of benzene rings is 3. The van der Waals surface area contributed by atoms with Crippen molar-refractivity contribution < 1.29 is 4.79 Å². The van der Waals surface area contributed by atoms with Crippen LogP contribution in [-0.2, 0) is 4.79 Å². The lowest BCUT2D eigenvalue weighted by atomic mass is 9.72. The lowest BCUT2D eigenvalue weighted by molar-refractivity contribution is -0.123. The standard InChI is InChI=1S/C33H33N3O/c1-2-21-20-36-18-16-22(21)19-30(36)32(28-15-17-34-29-14-8-7-11-25(28)29)35-33(37)31-26-12-5-3-9-23(26)24-10-4-6-13-27(24)31/h3-15,17,21-22,30-32H,2,16,18-20H2,1H3,(H,35,37)/t21-,22-,30+,32+/m0/s1. The maximum Gasteiger partial charge on any atom is 0.232 e. The Hall–Kier alpha value is -3.50. The van der Waals surface area contributed by atoms with Crippen molar-refractivity contribution in [2.75, 3.05) is 13.1 Å². The van der Waals surface area contributed by atoms with Gasteiger partial charge < -0.3 is 5.32 Å². The van der Waals surface area contributed by atoms with Gasteiger partial charge in [-0.3, -0.25) is 14.7 Å². The van der Waals surface area contributed by atoms with Crippen LogP contribution in [0.25, 0.3) is 22.0 Å². The molecule has 8 rings (SSSR count). The fourth-order valence-corrected chi connectivity index (χ4v) is 7.43. The molecule has 2 bridgehead atoms. The number of carbonyl (C=O) groups excluding carboxylic acids is 1. The second-order valence-electron chi connectivity index (χ2n) is 11.0. The van der Waals surface area contributed by atoms with E-state index in [1.54, 1.807) is 0 Å². The van der Waals surface area contributed by atoms with Crippen molar-refractivity contribution >= 4 is 16.8 Å². The molecule has 1 N–H and O–H groups in total. The van der Waals surface area contributed by atoms with E-state index in [9.17, 15) is 4.79 Å². The van der Waals surface area contributed by atoms with E-state index in [1.807, 2.05) is 12.3 Å². The molecule has 0 spiro atoms. The number of aromatic nitrogens is 1. The van der Waals surface area contributed by atoms with Gasteiger partial charge in [0, 0.05) is 24.2 Å². The van der Waals surface area contributed by atoms with Crippen molar-refractivity contribution in [3.63, 3.8) is 0 Å². The predicted octanol–water partition coefficient (Wildman–Crippen LogP) is 6.33. The average molecular weight is 488 g/mol. The molecular formula is C33H33N3O. The topological polar surface area (TPSA) is 45.2 Å². The van der Waals surface area contributed by atoms with Crippen LogP contribution in [-0.4, -0.2) is 34.9 Å². The van der Waals surface area contributed by atoms with Gasteiger partial charge in [0.2, 0.25) is 5.91 Å². The number of pyridine rings is 1. The molecule has 1 aromatic heterocycles. The van der Waals surface area contributed by atoms with Crippen molar-refractivity contribution in [3.8, 4) is 11.1 Å². The normalized spacial score (nSPS) is 25.0. The Morgan fingerprint density at radius 1 is 0.973 bits per heavy atom. The zero-order chi connectivity index (χ0) is 24.9. The van der Waals surface area contributed by atoms with Gasteiger partial charge in [-0.25, -0.2) is 0 Å². The molecule has 4 aliphatic rings. The van der Waals surface area contributed by atoms with E-state index in [4.69, 9.17) is 0 Å². The maximum atomic E-state index is 14.3. The Morgan fingerprint density at radius 3 is 2.38 bits per heavy atom. The molecule has 3 saturated heterocycles. The van der Waals surface area contributed by atoms with Crippen LogP contribution in [0.2, 0.25) is 0 Å². The summed E-state index contributed by atoms with van der Waals surface area (Å²) in [5, 5.41) is 4.76. The highest BCUT2D eigenvalue weighted by molar-refractivity contribution is 5.96. The van der Waals surface area contributed by atoms with Crippen LogP contribution in [0, 0.1) is 11.8 Å². The van der Waals surface area contributed by atoms with Gasteiger partial charge in [0.15, 0.2) is 0 Å². The molecule has 1 unspecified atom stereocenters. The van der Waals surface area contributed by atoms with Crippen LogP contribution in [0.1, 0.15) is 54.8 Å². The first-order chi connectivity index (χ1) is 18.2. The van der Waals surface area contributed by atoms with Crippen LogP contribution in [0.3, 0.4) is 0 Å². The predicted molar refractivity (Wildman–Crippen MR) is 148 cm³/mol. The minimum Gasteiger partial charge on any atom is -0.347 e. The van der Waals surface area contributed by atoms with Crippen LogP contribution >= 0.6 is 0 Å². The maximum absolute atomic E-state index is 14.3. The molecule has 0 radical (unpaired) electrons. The summed E-state index contributed by atoms with van der Waals surface area (Å²) in [5.74, 6) is 1.31. The summed E-state index contributed by atoms with van der Waals surface area (Å²) < 4.78 is 0. The van der Waals surface area contributed by atoms with Crippen molar-refractivity contribution in [1.82, 2.24) is 15.2 Å². The van der Waals surface area contributed by atoms with E-state index in [0.717, 1.165) is 53.4 Å². The first kappa shape index (κ1) is 22.7. The van der Waals surface area contributed by atoms with Gasteiger partial charge in [-0.15, -0.1) is 0 Å². The highest BCUT2D eigenvalue weighted by Gasteiger charge is 2.44. The average Bonchev–Trinajstić information content (AvgIpc) is 3.30. The lowest BCUT2D eigenvalue weighted by Gasteiger charge is -2.52. The summed E-state index contributed by atoms with van der Waals surface area (Å²) >= 11 is 0. The third kappa shape index (κ3) is 3.69. The van der Waals surface area contributed by atoms with Gasteiger partial charge in [-0.05, 0) is 71.2 Å². The molecule has 0 saturated carbocycles. The molecule has 3 aliphatic heterocycles. The molecule has 4 nitrogen and oxygen atoms in total. The van der Waals surface area contributed by atoms with Gasteiger partial charge in [-0.1, -0.05) is 80.1 Å². The van der Waals surface area contributed by atoms with Gasteiger partial charge in [0.1, 0.15) is 0 Å². The molecule has 3 fully saturated rings. The molecule has 4 aromatic rings. The van der Waals surface area contributed by atoms with E-state index in [1.165, 1.54) is 29.5 Å². The Bertz CT molecular complexity index is 1430. The largest absolute Gasteiger partial charge is 0.347 e. The van der Waals surface area contributed by atoms with Crippen molar-refractivity contribution in [3.05, 3.63) is 102 Å². The molecule has 4 heteroatoms. The molecule has 186 valence electrons. The van der Waals surface area contributed by atoms with Crippen molar-refractivity contribution in [2.24, 2.45) is 11.8 Å². The molecule has 1 aliphatic carbocycles. The first-order valence-electron chi connectivity index (χ1n) is 13.8. The molecule has 1 amide bonds.